The van der Waals surface area contributed by atoms with Crippen molar-refractivity contribution in [2.45, 2.75) is 25.3 Å². The summed E-state index contributed by atoms with van der Waals surface area (Å²) in [5.41, 5.74) is -1.60. The second kappa shape index (κ2) is 6.44. The highest BCUT2D eigenvalue weighted by molar-refractivity contribution is 5.95. The smallest absolute Gasteiger partial charge is 0.345 e. The minimum Gasteiger partial charge on any atom is -0.452 e. The van der Waals surface area contributed by atoms with E-state index in [2.05, 4.69) is 11.4 Å². The zero-order chi connectivity index (χ0) is 17.0. The highest BCUT2D eigenvalue weighted by Gasteiger charge is 2.43. The average Bonchev–Trinajstić information content (AvgIpc) is 3.37. The van der Waals surface area contributed by atoms with E-state index in [1.807, 2.05) is 0 Å². The molecule has 0 radical (unpaired) electrons. The van der Waals surface area contributed by atoms with Gasteiger partial charge in [-0.3, -0.25) is 14.9 Å². The lowest BCUT2D eigenvalue weighted by atomic mass is 9.98. The fraction of sp³-hybridized carbons (Fsp3) is 0.400. The summed E-state index contributed by atoms with van der Waals surface area (Å²) >= 11 is 0. The number of amides is 1. The first-order chi connectivity index (χ1) is 10.9. The molecule has 2 rings (SSSR count). The standard InChI is InChI=1S/C15H15N3O5/c1-15(9-16,10-6-7-10)17-13(19)8-23-14(20)11-4-2-3-5-12(11)18(21)22/h2-5,10H,6-8H2,1H3,(H,17,19)/t15-/m1/s1. The van der Waals surface area contributed by atoms with E-state index < -0.39 is 34.6 Å². The first-order valence-corrected chi connectivity index (χ1v) is 7.00. The Labute approximate surface area is 132 Å². The van der Waals surface area contributed by atoms with Crippen molar-refractivity contribution in [3.63, 3.8) is 0 Å². The highest BCUT2D eigenvalue weighted by atomic mass is 16.6. The second-order valence-electron chi connectivity index (χ2n) is 5.49. The van der Waals surface area contributed by atoms with Gasteiger partial charge in [-0.15, -0.1) is 0 Å². The van der Waals surface area contributed by atoms with Gasteiger partial charge in [0.25, 0.3) is 11.6 Å². The predicted molar refractivity (Wildman–Crippen MR) is 78.3 cm³/mol. The molecule has 0 unspecified atom stereocenters. The Hall–Kier alpha value is -2.95. The van der Waals surface area contributed by atoms with Gasteiger partial charge in [-0.05, 0) is 31.7 Å². The summed E-state index contributed by atoms with van der Waals surface area (Å²) in [4.78, 5) is 33.9. The molecule has 8 nitrogen and oxygen atoms in total. The maximum Gasteiger partial charge on any atom is 0.345 e. The molecule has 1 aromatic carbocycles. The summed E-state index contributed by atoms with van der Waals surface area (Å²) in [6, 6.07) is 7.37. The van der Waals surface area contributed by atoms with E-state index in [1.165, 1.54) is 24.3 Å². The molecule has 0 spiro atoms. The Morgan fingerprint density at radius 2 is 2.13 bits per heavy atom. The number of nitriles is 1. The van der Waals surface area contributed by atoms with Crippen molar-refractivity contribution in [1.29, 1.82) is 5.26 Å². The van der Waals surface area contributed by atoms with Crippen molar-refractivity contribution in [2.75, 3.05) is 6.61 Å². The number of nitrogens with zero attached hydrogens (tertiary/aromatic N) is 2. The number of para-hydroxylation sites is 1. The largest absolute Gasteiger partial charge is 0.452 e. The molecule has 1 amide bonds. The first kappa shape index (κ1) is 16.4. The first-order valence-electron chi connectivity index (χ1n) is 7.00. The van der Waals surface area contributed by atoms with Gasteiger partial charge in [0, 0.05) is 6.07 Å². The van der Waals surface area contributed by atoms with Crippen LogP contribution in [0.5, 0.6) is 0 Å². The van der Waals surface area contributed by atoms with E-state index in [1.54, 1.807) is 6.92 Å². The molecular formula is C15H15N3O5. The maximum atomic E-state index is 11.9. The molecule has 0 aliphatic heterocycles. The number of nitro groups is 1. The third-order valence-corrected chi connectivity index (χ3v) is 3.68. The predicted octanol–water partition coefficient (Wildman–Crippen LogP) is 1.56. The van der Waals surface area contributed by atoms with Crippen LogP contribution in [0.2, 0.25) is 0 Å². The van der Waals surface area contributed by atoms with Crippen LogP contribution in [0, 0.1) is 27.4 Å². The topological polar surface area (TPSA) is 122 Å². The SMILES string of the molecule is C[C@](C#N)(NC(=O)COC(=O)c1ccccc1[N+](=O)[O-])C1CC1. The number of carbonyl (C=O) groups excluding carboxylic acids is 2. The summed E-state index contributed by atoms with van der Waals surface area (Å²) in [5, 5.41) is 22.5. The van der Waals surface area contributed by atoms with Crippen molar-refractivity contribution >= 4 is 17.6 Å². The van der Waals surface area contributed by atoms with Crippen LogP contribution < -0.4 is 5.32 Å². The van der Waals surface area contributed by atoms with Crippen molar-refractivity contribution < 1.29 is 19.2 Å². The molecule has 23 heavy (non-hydrogen) atoms. The van der Waals surface area contributed by atoms with Gasteiger partial charge in [0.1, 0.15) is 11.1 Å². The monoisotopic (exact) mass is 317 g/mol. The molecule has 0 heterocycles. The van der Waals surface area contributed by atoms with E-state index in [4.69, 9.17) is 10.00 Å². The number of nitrogens with one attached hydrogen (secondary N) is 1. The maximum absolute atomic E-state index is 11.9. The molecule has 8 heteroatoms. The van der Waals surface area contributed by atoms with Crippen LogP contribution >= 0.6 is 0 Å². The molecule has 1 fully saturated rings. The van der Waals surface area contributed by atoms with Crippen LogP contribution in [0.4, 0.5) is 5.69 Å². The summed E-state index contributed by atoms with van der Waals surface area (Å²) in [5.74, 6) is -1.48. The quantitative estimate of drug-likeness (QED) is 0.482. The molecule has 1 aromatic rings. The van der Waals surface area contributed by atoms with Gasteiger partial charge < -0.3 is 10.1 Å². The number of hydrogen-bond acceptors (Lipinski definition) is 6. The third kappa shape index (κ3) is 3.83. The van der Waals surface area contributed by atoms with Crippen LogP contribution in [-0.2, 0) is 9.53 Å². The number of ether oxygens (including phenoxy) is 1. The van der Waals surface area contributed by atoms with Crippen molar-refractivity contribution in [3.8, 4) is 6.07 Å². The van der Waals surface area contributed by atoms with E-state index in [-0.39, 0.29) is 11.5 Å². The highest BCUT2D eigenvalue weighted by Crippen LogP contribution is 2.39. The summed E-state index contributed by atoms with van der Waals surface area (Å²) in [6.07, 6.45) is 1.72. The number of carbonyl (C=O) groups is 2. The van der Waals surface area contributed by atoms with E-state index in [0.717, 1.165) is 12.8 Å². The number of esters is 1. The molecule has 1 N–H and O–H groups in total. The van der Waals surface area contributed by atoms with Gasteiger partial charge in [0.05, 0.1) is 11.0 Å². The van der Waals surface area contributed by atoms with Crippen LogP contribution in [-0.4, -0.2) is 28.9 Å². The van der Waals surface area contributed by atoms with Gasteiger partial charge in [-0.2, -0.15) is 5.26 Å². The molecule has 1 saturated carbocycles. The van der Waals surface area contributed by atoms with E-state index in [0.29, 0.717) is 0 Å². The Bertz CT molecular complexity index is 693. The number of rotatable bonds is 6. The van der Waals surface area contributed by atoms with Gasteiger partial charge in [-0.1, -0.05) is 12.1 Å². The van der Waals surface area contributed by atoms with Crippen LogP contribution in [0.25, 0.3) is 0 Å². The zero-order valence-electron chi connectivity index (χ0n) is 12.4. The van der Waals surface area contributed by atoms with Gasteiger partial charge >= 0.3 is 5.97 Å². The molecule has 1 aliphatic rings. The average molecular weight is 317 g/mol. The summed E-state index contributed by atoms with van der Waals surface area (Å²) < 4.78 is 4.81. The molecule has 120 valence electrons. The van der Waals surface area contributed by atoms with Crippen LogP contribution in [0.15, 0.2) is 24.3 Å². The van der Waals surface area contributed by atoms with Crippen molar-refractivity contribution in [1.82, 2.24) is 5.32 Å². The Morgan fingerprint density at radius 3 is 2.70 bits per heavy atom. The van der Waals surface area contributed by atoms with Gasteiger partial charge in [0.15, 0.2) is 6.61 Å². The third-order valence-electron chi connectivity index (χ3n) is 3.68. The van der Waals surface area contributed by atoms with Crippen LogP contribution in [0.3, 0.4) is 0 Å². The lowest BCUT2D eigenvalue weighted by Gasteiger charge is -2.22. The molecule has 1 atom stereocenters. The minimum atomic E-state index is -0.984. The van der Waals surface area contributed by atoms with E-state index >= 15 is 0 Å². The fourth-order valence-corrected chi connectivity index (χ4v) is 2.22. The van der Waals surface area contributed by atoms with Crippen molar-refractivity contribution in [2.24, 2.45) is 5.92 Å². The summed E-state index contributed by atoms with van der Waals surface area (Å²) in [7, 11) is 0. The molecular weight excluding hydrogens is 302 g/mol. The number of benzene rings is 1. The Balaban J connectivity index is 1.96. The molecule has 0 aromatic heterocycles. The number of nitro benzene ring substituents is 1. The molecule has 0 bridgehead atoms. The van der Waals surface area contributed by atoms with Crippen LogP contribution in [0.1, 0.15) is 30.1 Å². The van der Waals surface area contributed by atoms with Gasteiger partial charge in [0.2, 0.25) is 0 Å². The van der Waals surface area contributed by atoms with Gasteiger partial charge in [-0.25, -0.2) is 4.79 Å². The normalized spacial score (nSPS) is 15.8. The van der Waals surface area contributed by atoms with E-state index in [9.17, 15) is 19.7 Å². The second-order valence-corrected chi connectivity index (χ2v) is 5.49. The Kier molecular flexibility index (Phi) is 4.60. The minimum absolute atomic E-state index is 0.0994. The molecule has 1 aliphatic carbocycles. The number of hydrogen-bond donors (Lipinski definition) is 1. The summed E-state index contributed by atoms with van der Waals surface area (Å²) in [6.45, 7) is 1.02. The fourth-order valence-electron chi connectivity index (χ4n) is 2.22. The lowest BCUT2D eigenvalue weighted by molar-refractivity contribution is -0.385. The molecule has 0 saturated heterocycles. The van der Waals surface area contributed by atoms with Crippen molar-refractivity contribution in [3.05, 3.63) is 39.9 Å². The lowest BCUT2D eigenvalue weighted by Crippen LogP contribution is -2.48. The zero-order valence-corrected chi connectivity index (χ0v) is 12.4. The Morgan fingerprint density at radius 1 is 1.48 bits per heavy atom.